The fourth-order valence-electron chi connectivity index (χ4n) is 1.95. The van der Waals surface area contributed by atoms with Crippen molar-refractivity contribution in [1.82, 2.24) is 0 Å². The minimum Gasteiger partial charge on any atom is -0.388 e. The zero-order valence-electron chi connectivity index (χ0n) is 8.74. The molecule has 3 heteroatoms. The lowest BCUT2D eigenvalue weighted by molar-refractivity contribution is 0.0912. The molecule has 1 heterocycles. The summed E-state index contributed by atoms with van der Waals surface area (Å²) in [6, 6.07) is 6.06. The van der Waals surface area contributed by atoms with E-state index in [0.29, 0.717) is 6.61 Å². The molecule has 0 aliphatic carbocycles. The molecule has 15 heavy (non-hydrogen) atoms. The van der Waals surface area contributed by atoms with Crippen molar-refractivity contribution < 1.29 is 9.84 Å². The first-order valence-electron chi connectivity index (χ1n) is 5.20. The molecule has 1 saturated heterocycles. The highest BCUT2D eigenvalue weighted by atomic mass is 79.9. The highest BCUT2D eigenvalue weighted by molar-refractivity contribution is 9.10. The SMILES string of the molecule is Cc1ccc(Br)c(C(O)C2CCOC2)c1. The van der Waals surface area contributed by atoms with E-state index in [2.05, 4.69) is 15.9 Å². The molecular formula is C12H15BrO2. The van der Waals surface area contributed by atoms with Crippen molar-refractivity contribution in [3.05, 3.63) is 33.8 Å². The summed E-state index contributed by atoms with van der Waals surface area (Å²) in [5.74, 6) is 0.239. The Morgan fingerprint density at radius 1 is 1.53 bits per heavy atom. The third-order valence-electron chi connectivity index (χ3n) is 2.88. The molecule has 1 fully saturated rings. The quantitative estimate of drug-likeness (QED) is 0.896. The van der Waals surface area contributed by atoms with E-state index in [9.17, 15) is 5.11 Å². The number of halogens is 1. The van der Waals surface area contributed by atoms with Crippen molar-refractivity contribution >= 4 is 15.9 Å². The van der Waals surface area contributed by atoms with Crippen LogP contribution in [-0.2, 0) is 4.74 Å². The molecule has 0 amide bonds. The van der Waals surface area contributed by atoms with Gasteiger partial charge in [-0.15, -0.1) is 0 Å². The van der Waals surface area contributed by atoms with Gasteiger partial charge in [-0.3, -0.25) is 0 Å². The minimum absolute atomic E-state index is 0.239. The summed E-state index contributed by atoms with van der Waals surface area (Å²) in [5, 5.41) is 10.2. The molecule has 0 bridgehead atoms. The molecule has 82 valence electrons. The number of aryl methyl sites for hydroxylation is 1. The molecule has 1 N–H and O–H groups in total. The topological polar surface area (TPSA) is 29.5 Å². The van der Waals surface area contributed by atoms with E-state index >= 15 is 0 Å². The van der Waals surface area contributed by atoms with Crippen LogP contribution in [0, 0.1) is 12.8 Å². The van der Waals surface area contributed by atoms with Crippen molar-refractivity contribution in [2.75, 3.05) is 13.2 Å². The Balaban J connectivity index is 2.23. The third kappa shape index (κ3) is 2.41. The zero-order valence-corrected chi connectivity index (χ0v) is 10.3. The molecule has 2 nitrogen and oxygen atoms in total. The maximum Gasteiger partial charge on any atom is 0.0852 e. The average molecular weight is 271 g/mol. The van der Waals surface area contributed by atoms with Gasteiger partial charge in [-0.25, -0.2) is 0 Å². The van der Waals surface area contributed by atoms with Gasteiger partial charge in [0, 0.05) is 17.0 Å². The van der Waals surface area contributed by atoms with Crippen LogP contribution in [-0.4, -0.2) is 18.3 Å². The van der Waals surface area contributed by atoms with Crippen molar-refractivity contribution in [2.24, 2.45) is 5.92 Å². The third-order valence-corrected chi connectivity index (χ3v) is 3.60. The molecule has 1 aliphatic rings. The van der Waals surface area contributed by atoms with Crippen LogP contribution in [0.15, 0.2) is 22.7 Å². The predicted octanol–water partition coefficient (Wildman–Crippen LogP) is 2.83. The Hall–Kier alpha value is -0.380. The van der Waals surface area contributed by atoms with E-state index in [1.165, 1.54) is 5.56 Å². The predicted molar refractivity (Wildman–Crippen MR) is 62.8 cm³/mol. The average Bonchev–Trinajstić information content (AvgIpc) is 2.74. The minimum atomic E-state index is -0.415. The molecule has 0 radical (unpaired) electrons. The van der Waals surface area contributed by atoms with Crippen LogP contribution < -0.4 is 0 Å². The number of benzene rings is 1. The largest absolute Gasteiger partial charge is 0.388 e. The highest BCUT2D eigenvalue weighted by Gasteiger charge is 2.26. The van der Waals surface area contributed by atoms with Crippen LogP contribution in [0.2, 0.25) is 0 Å². The summed E-state index contributed by atoms with van der Waals surface area (Å²) >= 11 is 3.48. The number of aliphatic hydroxyl groups excluding tert-OH is 1. The zero-order chi connectivity index (χ0) is 10.8. The van der Waals surface area contributed by atoms with Crippen molar-refractivity contribution in [3.63, 3.8) is 0 Å². The Labute approximate surface area is 98.4 Å². The molecule has 0 spiro atoms. The summed E-state index contributed by atoms with van der Waals surface area (Å²) in [4.78, 5) is 0. The maximum atomic E-state index is 10.2. The molecular weight excluding hydrogens is 256 g/mol. The smallest absolute Gasteiger partial charge is 0.0852 e. The number of ether oxygens (including phenoxy) is 1. The second-order valence-corrected chi connectivity index (χ2v) is 4.95. The first kappa shape index (κ1) is 11.1. The fraction of sp³-hybridized carbons (Fsp3) is 0.500. The number of hydrogen-bond acceptors (Lipinski definition) is 2. The molecule has 2 atom stereocenters. The first-order valence-corrected chi connectivity index (χ1v) is 5.99. The molecule has 0 aromatic heterocycles. The molecule has 1 aliphatic heterocycles. The van der Waals surface area contributed by atoms with E-state index < -0.39 is 6.10 Å². The Bertz CT molecular complexity index is 345. The van der Waals surface area contributed by atoms with Crippen molar-refractivity contribution in [3.8, 4) is 0 Å². The van der Waals surface area contributed by atoms with Gasteiger partial charge in [0.2, 0.25) is 0 Å². The van der Waals surface area contributed by atoms with Crippen LogP contribution in [0.5, 0.6) is 0 Å². The molecule has 1 aromatic rings. The van der Waals surface area contributed by atoms with E-state index in [1.54, 1.807) is 0 Å². The van der Waals surface area contributed by atoms with Crippen LogP contribution in [0.1, 0.15) is 23.7 Å². The summed E-state index contributed by atoms with van der Waals surface area (Å²) in [6.45, 7) is 3.47. The van der Waals surface area contributed by atoms with Gasteiger partial charge in [0.25, 0.3) is 0 Å². The van der Waals surface area contributed by atoms with E-state index in [1.807, 2.05) is 25.1 Å². The molecule has 2 rings (SSSR count). The van der Waals surface area contributed by atoms with E-state index in [-0.39, 0.29) is 5.92 Å². The number of aliphatic hydroxyl groups is 1. The van der Waals surface area contributed by atoms with Gasteiger partial charge in [0.1, 0.15) is 0 Å². The van der Waals surface area contributed by atoms with Gasteiger partial charge in [0.05, 0.1) is 12.7 Å². The van der Waals surface area contributed by atoms with Crippen LogP contribution >= 0.6 is 15.9 Å². The lowest BCUT2D eigenvalue weighted by Crippen LogP contribution is -2.13. The second-order valence-electron chi connectivity index (χ2n) is 4.09. The van der Waals surface area contributed by atoms with Crippen molar-refractivity contribution in [1.29, 1.82) is 0 Å². The van der Waals surface area contributed by atoms with Gasteiger partial charge in [-0.1, -0.05) is 33.6 Å². The monoisotopic (exact) mass is 270 g/mol. The summed E-state index contributed by atoms with van der Waals surface area (Å²) in [7, 11) is 0. The summed E-state index contributed by atoms with van der Waals surface area (Å²) < 4.78 is 6.27. The lowest BCUT2D eigenvalue weighted by Gasteiger charge is -2.18. The Morgan fingerprint density at radius 2 is 2.33 bits per heavy atom. The van der Waals surface area contributed by atoms with Gasteiger partial charge >= 0.3 is 0 Å². The highest BCUT2D eigenvalue weighted by Crippen LogP contribution is 2.33. The van der Waals surface area contributed by atoms with E-state index in [4.69, 9.17) is 4.74 Å². The normalized spacial score (nSPS) is 23.0. The van der Waals surface area contributed by atoms with Crippen LogP contribution in [0.4, 0.5) is 0 Å². The maximum absolute atomic E-state index is 10.2. The number of rotatable bonds is 2. The molecule has 0 saturated carbocycles. The fourth-order valence-corrected chi connectivity index (χ4v) is 2.43. The van der Waals surface area contributed by atoms with Gasteiger partial charge in [-0.2, -0.15) is 0 Å². The Morgan fingerprint density at radius 3 is 3.00 bits per heavy atom. The number of hydrogen-bond donors (Lipinski definition) is 1. The molecule has 2 unspecified atom stereocenters. The standard InChI is InChI=1S/C12H15BrO2/c1-8-2-3-11(13)10(6-8)12(14)9-4-5-15-7-9/h2-3,6,9,12,14H,4-5,7H2,1H3. The van der Waals surface area contributed by atoms with Crippen LogP contribution in [0.3, 0.4) is 0 Å². The second kappa shape index (κ2) is 4.64. The molecule has 1 aromatic carbocycles. The van der Waals surface area contributed by atoms with E-state index in [0.717, 1.165) is 23.1 Å². The van der Waals surface area contributed by atoms with Crippen LogP contribution in [0.25, 0.3) is 0 Å². The lowest BCUT2D eigenvalue weighted by atomic mass is 9.94. The first-order chi connectivity index (χ1) is 7.18. The summed E-state index contributed by atoms with van der Waals surface area (Å²) in [5.41, 5.74) is 2.15. The van der Waals surface area contributed by atoms with Gasteiger partial charge in [0.15, 0.2) is 0 Å². The van der Waals surface area contributed by atoms with Gasteiger partial charge < -0.3 is 9.84 Å². The van der Waals surface area contributed by atoms with Gasteiger partial charge in [-0.05, 0) is 25.0 Å². The Kier molecular flexibility index (Phi) is 3.44. The summed E-state index contributed by atoms with van der Waals surface area (Å²) in [6.07, 6.45) is 0.531. The van der Waals surface area contributed by atoms with Crippen molar-refractivity contribution in [2.45, 2.75) is 19.4 Å².